The molecule has 124 valence electrons. The van der Waals surface area contributed by atoms with Crippen LogP contribution >= 0.6 is 0 Å². The zero-order chi connectivity index (χ0) is 17.0. The van der Waals surface area contributed by atoms with E-state index in [1.165, 1.54) is 12.1 Å². The minimum absolute atomic E-state index is 0.0106. The average molecular weight is 319 g/mol. The molecule has 0 spiro atoms. The minimum Gasteiger partial charge on any atom is -0.356 e. The van der Waals surface area contributed by atoms with Gasteiger partial charge in [-0.05, 0) is 38.8 Å². The van der Waals surface area contributed by atoms with E-state index >= 15 is 0 Å². The largest absolute Gasteiger partial charge is 0.356 e. The predicted octanol–water partition coefficient (Wildman–Crippen LogP) is 1.89. The van der Waals surface area contributed by atoms with Crippen LogP contribution in [-0.2, 0) is 4.79 Å². The summed E-state index contributed by atoms with van der Waals surface area (Å²) in [5.74, 6) is -0.138. The summed E-state index contributed by atoms with van der Waals surface area (Å²) in [5, 5.41) is 13.6. The van der Waals surface area contributed by atoms with E-state index < -0.39 is 4.92 Å². The van der Waals surface area contributed by atoms with Gasteiger partial charge in [0.05, 0.1) is 4.92 Å². The van der Waals surface area contributed by atoms with Gasteiger partial charge in [-0.15, -0.1) is 0 Å². The predicted molar refractivity (Wildman–Crippen MR) is 85.1 cm³/mol. The van der Waals surface area contributed by atoms with E-state index in [0.717, 1.165) is 0 Å². The summed E-state index contributed by atoms with van der Waals surface area (Å²) in [6.07, 6.45) is 1.28. The second-order valence-corrected chi connectivity index (χ2v) is 5.72. The van der Waals surface area contributed by atoms with Gasteiger partial charge in [-0.1, -0.05) is 0 Å². The summed E-state index contributed by atoms with van der Waals surface area (Å²) in [5.41, 5.74) is 0.930. The zero-order valence-electron chi connectivity index (χ0n) is 13.4. The van der Waals surface area contributed by atoms with E-state index in [0.29, 0.717) is 43.6 Å². The van der Waals surface area contributed by atoms with Crippen molar-refractivity contribution in [1.82, 2.24) is 10.2 Å². The van der Waals surface area contributed by atoms with Crippen molar-refractivity contribution in [3.63, 3.8) is 0 Å². The lowest BCUT2D eigenvalue weighted by Gasteiger charge is -2.31. The molecule has 0 unspecified atom stereocenters. The monoisotopic (exact) mass is 319 g/mol. The first-order valence-electron chi connectivity index (χ1n) is 7.76. The van der Waals surface area contributed by atoms with E-state index in [9.17, 15) is 19.7 Å². The highest BCUT2D eigenvalue weighted by atomic mass is 16.6. The molecule has 1 aromatic rings. The summed E-state index contributed by atoms with van der Waals surface area (Å²) < 4.78 is 0. The molecule has 0 atom stereocenters. The standard InChI is InChI=1S/C16H21N3O4/c1-3-17-15(20)12-6-8-18(9-7-12)16(21)13-4-5-14(19(22)23)11(2)10-13/h4-5,10,12H,3,6-9H2,1-2H3,(H,17,20). The van der Waals surface area contributed by atoms with Crippen LogP contribution < -0.4 is 5.32 Å². The number of nitro groups is 1. The van der Waals surface area contributed by atoms with Gasteiger partial charge in [0, 0.05) is 42.7 Å². The van der Waals surface area contributed by atoms with Crippen LogP contribution in [0.2, 0.25) is 0 Å². The van der Waals surface area contributed by atoms with Gasteiger partial charge in [-0.2, -0.15) is 0 Å². The Morgan fingerprint density at radius 2 is 2.00 bits per heavy atom. The summed E-state index contributed by atoms with van der Waals surface area (Å²) in [6, 6.07) is 4.41. The molecule has 1 aliphatic rings. The number of hydrogen-bond acceptors (Lipinski definition) is 4. The number of carbonyl (C=O) groups excluding carboxylic acids is 2. The first-order chi connectivity index (χ1) is 10.9. The van der Waals surface area contributed by atoms with Gasteiger partial charge in [0.15, 0.2) is 0 Å². The number of carbonyl (C=O) groups is 2. The SMILES string of the molecule is CCNC(=O)C1CCN(C(=O)c2ccc([N+](=O)[O-])c(C)c2)CC1. The third-order valence-electron chi connectivity index (χ3n) is 4.14. The zero-order valence-corrected chi connectivity index (χ0v) is 13.4. The van der Waals surface area contributed by atoms with Gasteiger partial charge in [0.1, 0.15) is 0 Å². The number of nitro benzene ring substituents is 1. The number of likely N-dealkylation sites (tertiary alicyclic amines) is 1. The summed E-state index contributed by atoms with van der Waals surface area (Å²) >= 11 is 0. The minimum atomic E-state index is -0.457. The molecule has 0 aromatic heterocycles. The molecule has 0 saturated carbocycles. The van der Waals surface area contributed by atoms with Crippen molar-refractivity contribution < 1.29 is 14.5 Å². The maximum Gasteiger partial charge on any atom is 0.272 e. The van der Waals surface area contributed by atoms with Crippen molar-refractivity contribution in [2.45, 2.75) is 26.7 Å². The molecule has 2 rings (SSSR count). The highest BCUT2D eigenvalue weighted by Crippen LogP contribution is 2.22. The third-order valence-corrected chi connectivity index (χ3v) is 4.14. The Kier molecular flexibility index (Phi) is 5.31. The van der Waals surface area contributed by atoms with Crippen molar-refractivity contribution in [2.75, 3.05) is 19.6 Å². The molecular weight excluding hydrogens is 298 g/mol. The van der Waals surface area contributed by atoms with E-state index in [2.05, 4.69) is 5.32 Å². The fraction of sp³-hybridized carbons (Fsp3) is 0.500. The van der Waals surface area contributed by atoms with E-state index in [4.69, 9.17) is 0 Å². The van der Waals surface area contributed by atoms with Crippen LogP contribution in [0.1, 0.15) is 35.7 Å². The topological polar surface area (TPSA) is 92.6 Å². The highest BCUT2D eigenvalue weighted by Gasteiger charge is 2.28. The normalized spacial score (nSPS) is 15.3. The van der Waals surface area contributed by atoms with Crippen molar-refractivity contribution in [3.8, 4) is 0 Å². The van der Waals surface area contributed by atoms with Gasteiger partial charge in [0.25, 0.3) is 11.6 Å². The molecule has 7 heteroatoms. The lowest BCUT2D eigenvalue weighted by atomic mass is 9.95. The highest BCUT2D eigenvalue weighted by molar-refractivity contribution is 5.95. The van der Waals surface area contributed by atoms with Gasteiger partial charge >= 0.3 is 0 Å². The Hall–Kier alpha value is -2.44. The second kappa shape index (κ2) is 7.21. The first kappa shape index (κ1) is 16.9. The molecule has 7 nitrogen and oxygen atoms in total. The Morgan fingerprint density at radius 1 is 1.35 bits per heavy atom. The summed E-state index contributed by atoms with van der Waals surface area (Å²) in [4.78, 5) is 36.4. The Morgan fingerprint density at radius 3 is 2.52 bits per heavy atom. The van der Waals surface area contributed by atoms with Crippen LogP contribution in [0.15, 0.2) is 18.2 Å². The van der Waals surface area contributed by atoms with E-state index in [-0.39, 0.29) is 23.4 Å². The number of hydrogen-bond donors (Lipinski definition) is 1. The molecule has 1 saturated heterocycles. The number of nitrogens with one attached hydrogen (secondary N) is 1. The van der Waals surface area contributed by atoms with Crippen molar-refractivity contribution in [1.29, 1.82) is 0 Å². The maximum absolute atomic E-state index is 12.5. The van der Waals surface area contributed by atoms with E-state index in [1.807, 2.05) is 6.92 Å². The van der Waals surface area contributed by atoms with Crippen molar-refractivity contribution in [3.05, 3.63) is 39.4 Å². The quantitative estimate of drug-likeness (QED) is 0.677. The van der Waals surface area contributed by atoms with Gasteiger partial charge in [-0.25, -0.2) is 0 Å². The molecule has 2 amide bonds. The average Bonchev–Trinajstić information content (AvgIpc) is 2.54. The fourth-order valence-corrected chi connectivity index (χ4v) is 2.84. The number of nitrogens with zero attached hydrogens (tertiary/aromatic N) is 2. The van der Waals surface area contributed by atoms with Crippen LogP contribution in [0.3, 0.4) is 0 Å². The Labute approximate surface area is 134 Å². The second-order valence-electron chi connectivity index (χ2n) is 5.72. The molecule has 0 aliphatic carbocycles. The fourth-order valence-electron chi connectivity index (χ4n) is 2.84. The molecule has 1 fully saturated rings. The van der Waals surface area contributed by atoms with Crippen LogP contribution in [0.25, 0.3) is 0 Å². The van der Waals surface area contributed by atoms with Crippen molar-refractivity contribution >= 4 is 17.5 Å². The van der Waals surface area contributed by atoms with E-state index in [1.54, 1.807) is 17.9 Å². The lowest BCUT2D eigenvalue weighted by molar-refractivity contribution is -0.385. The number of aryl methyl sites for hydroxylation is 1. The number of amides is 2. The molecule has 23 heavy (non-hydrogen) atoms. The first-order valence-corrected chi connectivity index (χ1v) is 7.76. The van der Waals surface area contributed by atoms with Gasteiger partial charge in [-0.3, -0.25) is 19.7 Å². The molecule has 1 aliphatic heterocycles. The smallest absolute Gasteiger partial charge is 0.272 e. The van der Waals surface area contributed by atoms with Crippen LogP contribution in [0, 0.1) is 23.0 Å². The molecule has 0 radical (unpaired) electrons. The molecule has 1 heterocycles. The number of benzene rings is 1. The lowest BCUT2D eigenvalue weighted by Crippen LogP contribution is -2.43. The molecule has 0 bridgehead atoms. The van der Waals surface area contributed by atoms with Crippen LogP contribution in [0.4, 0.5) is 5.69 Å². The number of rotatable bonds is 4. The number of piperidine rings is 1. The van der Waals surface area contributed by atoms with Gasteiger partial charge < -0.3 is 10.2 Å². The summed E-state index contributed by atoms with van der Waals surface area (Å²) in [7, 11) is 0. The van der Waals surface area contributed by atoms with Crippen molar-refractivity contribution in [2.24, 2.45) is 5.92 Å². The van der Waals surface area contributed by atoms with Gasteiger partial charge in [0.2, 0.25) is 5.91 Å². The third kappa shape index (κ3) is 3.85. The van der Waals surface area contributed by atoms with Crippen LogP contribution in [0.5, 0.6) is 0 Å². The molecule has 1 N–H and O–H groups in total. The molecule has 1 aromatic carbocycles. The Bertz CT molecular complexity index is 622. The van der Waals surface area contributed by atoms with Crippen LogP contribution in [-0.4, -0.2) is 41.3 Å². The maximum atomic E-state index is 12.5. The summed E-state index contributed by atoms with van der Waals surface area (Å²) in [6.45, 7) is 5.16. The molecular formula is C16H21N3O4. The Balaban J connectivity index is 2.01.